The first kappa shape index (κ1) is 21.0. The third kappa shape index (κ3) is 3.55. The average molecular weight is 428 g/mol. The lowest BCUT2D eigenvalue weighted by atomic mass is 10.1. The number of para-hydroxylation sites is 1. The van der Waals surface area contributed by atoms with E-state index in [-0.39, 0.29) is 34.4 Å². The fourth-order valence-electron chi connectivity index (χ4n) is 4.16. The first-order chi connectivity index (χ1) is 14.8. The molecule has 3 aromatic rings. The number of aromatic carboxylic acids is 1. The Balaban J connectivity index is 1.97. The van der Waals surface area contributed by atoms with Crippen LogP contribution in [0.2, 0.25) is 0 Å². The molecule has 1 aliphatic rings. The SMILES string of the molecule is CN[C@@H]1CN(c2cc3c(cc2F)c(=O)c(C(=O)O)cn3-c2ccccc2F)C[C@H]1NC. The Hall–Kier alpha value is -3.30. The highest BCUT2D eigenvalue weighted by Crippen LogP contribution is 2.30. The zero-order valence-electron chi connectivity index (χ0n) is 17.0. The fourth-order valence-corrected chi connectivity index (χ4v) is 4.16. The number of carbonyl (C=O) groups is 1. The van der Waals surface area contributed by atoms with E-state index in [0.717, 1.165) is 12.3 Å². The monoisotopic (exact) mass is 428 g/mol. The van der Waals surface area contributed by atoms with Gasteiger partial charge in [0, 0.05) is 36.8 Å². The van der Waals surface area contributed by atoms with Gasteiger partial charge >= 0.3 is 5.97 Å². The summed E-state index contributed by atoms with van der Waals surface area (Å²) in [7, 11) is 3.66. The van der Waals surface area contributed by atoms with Crippen LogP contribution in [0.5, 0.6) is 0 Å². The third-order valence-electron chi connectivity index (χ3n) is 5.82. The number of halogens is 2. The van der Waals surface area contributed by atoms with Crippen molar-refractivity contribution >= 4 is 22.6 Å². The van der Waals surface area contributed by atoms with Crippen LogP contribution in [0.1, 0.15) is 10.4 Å². The second kappa shape index (κ2) is 8.09. The van der Waals surface area contributed by atoms with E-state index in [1.807, 2.05) is 19.0 Å². The molecular weight excluding hydrogens is 406 g/mol. The molecule has 0 bridgehead atoms. The van der Waals surface area contributed by atoms with Crippen LogP contribution in [-0.4, -0.2) is 54.9 Å². The molecule has 31 heavy (non-hydrogen) atoms. The van der Waals surface area contributed by atoms with Gasteiger partial charge in [-0.05, 0) is 38.4 Å². The highest BCUT2D eigenvalue weighted by atomic mass is 19.1. The molecule has 0 aliphatic carbocycles. The molecular formula is C22H22F2N4O3. The van der Waals surface area contributed by atoms with Gasteiger partial charge in [-0.1, -0.05) is 12.1 Å². The zero-order valence-corrected chi connectivity index (χ0v) is 17.0. The van der Waals surface area contributed by atoms with Crippen molar-refractivity contribution in [3.8, 4) is 5.69 Å². The maximum absolute atomic E-state index is 15.1. The Bertz CT molecular complexity index is 1220. The molecule has 1 saturated heterocycles. The van der Waals surface area contributed by atoms with Gasteiger partial charge in [0.2, 0.25) is 5.43 Å². The van der Waals surface area contributed by atoms with Crippen molar-refractivity contribution in [2.24, 2.45) is 0 Å². The number of benzene rings is 2. The molecule has 2 aromatic carbocycles. The first-order valence-electron chi connectivity index (χ1n) is 9.82. The van der Waals surface area contributed by atoms with Crippen molar-refractivity contribution < 1.29 is 18.7 Å². The number of carboxylic acids is 1. The summed E-state index contributed by atoms with van der Waals surface area (Å²) < 4.78 is 31.0. The van der Waals surface area contributed by atoms with Crippen molar-refractivity contribution in [1.82, 2.24) is 15.2 Å². The van der Waals surface area contributed by atoms with Gasteiger partial charge in [0.1, 0.15) is 17.2 Å². The van der Waals surface area contributed by atoms with E-state index in [2.05, 4.69) is 10.6 Å². The molecule has 3 N–H and O–H groups in total. The molecule has 0 radical (unpaired) electrons. The molecule has 9 heteroatoms. The molecule has 2 heterocycles. The van der Waals surface area contributed by atoms with Crippen LogP contribution in [-0.2, 0) is 0 Å². The minimum Gasteiger partial charge on any atom is -0.477 e. The van der Waals surface area contributed by atoms with Crippen molar-refractivity contribution in [1.29, 1.82) is 0 Å². The minimum atomic E-state index is -1.46. The predicted octanol–water partition coefficient (Wildman–Crippen LogP) is 1.96. The predicted molar refractivity (Wildman–Crippen MR) is 114 cm³/mol. The lowest BCUT2D eigenvalue weighted by Crippen LogP contribution is -2.43. The number of likely N-dealkylation sites (N-methyl/N-ethyl adjacent to an activating group) is 2. The van der Waals surface area contributed by atoms with E-state index in [0.29, 0.717) is 13.1 Å². The summed E-state index contributed by atoms with van der Waals surface area (Å²) in [6.07, 6.45) is 1.09. The molecule has 1 fully saturated rings. The van der Waals surface area contributed by atoms with E-state index in [1.54, 1.807) is 6.07 Å². The molecule has 162 valence electrons. The van der Waals surface area contributed by atoms with Gasteiger partial charge in [-0.15, -0.1) is 0 Å². The lowest BCUT2D eigenvalue weighted by Gasteiger charge is -2.21. The maximum atomic E-state index is 15.1. The summed E-state index contributed by atoms with van der Waals surface area (Å²) in [4.78, 5) is 26.2. The number of fused-ring (bicyclic) bond motifs is 1. The highest BCUT2D eigenvalue weighted by Gasteiger charge is 2.32. The van der Waals surface area contributed by atoms with Gasteiger partial charge < -0.3 is 25.2 Å². The summed E-state index contributed by atoms with van der Waals surface area (Å²) in [6, 6.07) is 8.51. The Morgan fingerprint density at radius 2 is 1.68 bits per heavy atom. The van der Waals surface area contributed by atoms with Crippen LogP contribution in [0.15, 0.2) is 47.4 Å². The number of carboxylic acid groups (broad SMARTS) is 1. The summed E-state index contributed by atoms with van der Waals surface area (Å²) in [6.45, 7) is 1.06. The topological polar surface area (TPSA) is 86.6 Å². The smallest absolute Gasteiger partial charge is 0.341 e. The number of rotatable bonds is 5. The Labute approximate surface area is 176 Å². The van der Waals surface area contributed by atoms with Crippen LogP contribution < -0.4 is 21.0 Å². The molecule has 2 atom stereocenters. The number of hydrogen-bond donors (Lipinski definition) is 3. The van der Waals surface area contributed by atoms with Crippen LogP contribution in [0, 0.1) is 11.6 Å². The van der Waals surface area contributed by atoms with Crippen LogP contribution in [0.25, 0.3) is 16.6 Å². The van der Waals surface area contributed by atoms with Crippen molar-refractivity contribution in [2.75, 3.05) is 32.1 Å². The number of nitrogens with zero attached hydrogens (tertiary/aromatic N) is 2. The van der Waals surface area contributed by atoms with Crippen molar-refractivity contribution in [3.05, 3.63) is 70.0 Å². The molecule has 0 amide bonds. The maximum Gasteiger partial charge on any atom is 0.341 e. The van der Waals surface area contributed by atoms with E-state index < -0.39 is 28.6 Å². The van der Waals surface area contributed by atoms with E-state index in [1.165, 1.54) is 28.8 Å². The molecule has 7 nitrogen and oxygen atoms in total. The third-order valence-corrected chi connectivity index (χ3v) is 5.82. The van der Waals surface area contributed by atoms with Gasteiger partial charge in [0.25, 0.3) is 0 Å². The van der Waals surface area contributed by atoms with E-state index in [9.17, 15) is 19.1 Å². The number of nitrogens with one attached hydrogen (secondary N) is 2. The summed E-state index contributed by atoms with van der Waals surface area (Å²) in [5.74, 6) is -2.70. The Morgan fingerprint density at radius 1 is 1.03 bits per heavy atom. The second-order valence-electron chi connectivity index (χ2n) is 7.51. The average Bonchev–Trinajstić information content (AvgIpc) is 3.17. The fraction of sp³-hybridized carbons (Fsp3) is 0.273. The molecule has 4 rings (SSSR count). The number of aromatic nitrogens is 1. The molecule has 1 aliphatic heterocycles. The minimum absolute atomic E-state index is 0.0650. The summed E-state index contributed by atoms with van der Waals surface area (Å²) >= 11 is 0. The van der Waals surface area contributed by atoms with Gasteiger partial charge in [-0.2, -0.15) is 0 Å². The number of pyridine rings is 1. The quantitative estimate of drug-likeness (QED) is 0.576. The largest absolute Gasteiger partial charge is 0.477 e. The first-order valence-corrected chi connectivity index (χ1v) is 9.82. The standard InChI is InChI=1S/C22H22F2N4O3/c1-25-16-10-27(11-17(16)26-2)20-8-19-12(7-15(20)24)21(29)13(22(30)31)9-28(19)18-6-4-3-5-14(18)23/h3-9,16-17,25-26H,10-11H2,1-2H3,(H,30,31)/t16-,17-/m1/s1. The molecule has 0 unspecified atom stereocenters. The molecule has 0 saturated carbocycles. The van der Waals surface area contributed by atoms with Gasteiger partial charge in [-0.25, -0.2) is 13.6 Å². The van der Waals surface area contributed by atoms with E-state index in [4.69, 9.17) is 0 Å². The Kier molecular flexibility index (Phi) is 5.47. The zero-order chi connectivity index (χ0) is 22.3. The lowest BCUT2D eigenvalue weighted by molar-refractivity contribution is 0.0695. The Morgan fingerprint density at radius 3 is 2.26 bits per heavy atom. The summed E-state index contributed by atoms with van der Waals surface area (Å²) in [5, 5.41) is 15.7. The van der Waals surface area contributed by atoms with E-state index >= 15 is 4.39 Å². The van der Waals surface area contributed by atoms with Crippen LogP contribution in [0.4, 0.5) is 14.5 Å². The van der Waals surface area contributed by atoms with Gasteiger partial charge in [0.15, 0.2) is 0 Å². The van der Waals surface area contributed by atoms with Crippen LogP contribution in [0.3, 0.4) is 0 Å². The normalized spacial score (nSPS) is 18.6. The van der Waals surface area contributed by atoms with Gasteiger partial charge in [0.05, 0.1) is 16.9 Å². The highest BCUT2D eigenvalue weighted by molar-refractivity contribution is 5.94. The van der Waals surface area contributed by atoms with Crippen molar-refractivity contribution in [3.63, 3.8) is 0 Å². The number of anilines is 1. The number of hydrogen-bond acceptors (Lipinski definition) is 5. The molecule has 1 aromatic heterocycles. The summed E-state index contributed by atoms with van der Waals surface area (Å²) in [5.41, 5.74) is -0.823. The molecule has 0 spiro atoms. The van der Waals surface area contributed by atoms with Crippen molar-refractivity contribution in [2.45, 2.75) is 12.1 Å². The van der Waals surface area contributed by atoms with Crippen LogP contribution >= 0.6 is 0 Å². The van der Waals surface area contributed by atoms with Gasteiger partial charge in [-0.3, -0.25) is 4.79 Å². The second-order valence-corrected chi connectivity index (χ2v) is 7.51.